The fourth-order valence-electron chi connectivity index (χ4n) is 1.68. The van der Waals surface area contributed by atoms with E-state index in [1.165, 1.54) is 0 Å². The normalized spacial score (nSPS) is 11.9. The molecule has 0 heterocycles. The number of carbonyl (C=O) groups is 2. The lowest BCUT2D eigenvalue weighted by Gasteiger charge is -2.29. The van der Waals surface area contributed by atoms with Crippen molar-refractivity contribution in [2.75, 3.05) is 11.4 Å². The molecule has 0 aromatic heterocycles. The number of nitrogens with zero attached hydrogens (tertiary/aromatic N) is 1. The molecule has 5 nitrogen and oxygen atoms in total. The first kappa shape index (κ1) is 14.0. The van der Waals surface area contributed by atoms with Crippen LogP contribution in [-0.2, 0) is 4.79 Å². The Bertz CT molecular complexity index is 428. The number of nitrogens with two attached hydrogens (primary N) is 1. The van der Waals surface area contributed by atoms with Crippen molar-refractivity contribution in [1.29, 1.82) is 0 Å². The molecule has 0 aliphatic carbocycles. The quantitative estimate of drug-likeness (QED) is 0.801. The van der Waals surface area contributed by atoms with Crippen LogP contribution in [0.4, 0.5) is 5.69 Å². The average Bonchev–Trinajstić information content (AvgIpc) is 2.35. The number of amides is 1. The van der Waals surface area contributed by atoms with Gasteiger partial charge in [-0.2, -0.15) is 0 Å². The van der Waals surface area contributed by atoms with E-state index in [2.05, 4.69) is 0 Å². The summed E-state index contributed by atoms with van der Waals surface area (Å²) >= 11 is 0. The van der Waals surface area contributed by atoms with Gasteiger partial charge in [0, 0.05) is 17.3 Å². The molecular weight excluding hydrogens is 232 g/mol. The van der Waals surface area contributed by atoms with Crippen molar-refractivity contribution in [2.24, 2.45) is 5.73 Å². The molecule has 0 fully saturated rings. The van der Waals surface area contributed by atoms with Gasteiger partial charge in [0.2, 0.25) is 5.91 Å². The Hall–Kier alpha value is -2.04. The first-order valence-corrected chi connectivity index (χ1v) is 5.84. The predicted molar refractivity (Wildman–Crippen MR) is 69.7 cm³/mol. The minimum absolute atomic E-state index is 0.0646. The average molecular weight is 250 g/mol. The molecule has 0 bridgehead atoms. The van der Waals surface area contributed by atoms with Gasteiger partial charge < -0.3 is 15.7 Å². The Morgan fingerprint density at radius 2 is 1.89 bits per heavy atom. The number of carboxylic acid groups (broad SMARTS) is 1. The maximum atomic E-state index is 11.0. The van der Waals surface area contributed by atoms with Crippen molar-refractivity contribution >= 4 is 17.6 Å². The summed E-state index contributed by atoms with van der Waals surface area (Å²) in [6.07, 6.45) is 0.838. The lowest BCUT2D eigenvalue weighted by Crippen LogP contribution is -2.37. The van der Waals surface area contributed by atoms with Crippen LogP contribution in [0.1, 0.15) is 30.6 Å². The molecule has 3 N–H and O–H groups in total. The number of hydrogen-bond donors (Lipinski definition) is 2. The third-order valence-electron chi connectivity index (χ3n) is 2.91. The Kier molecular flexibility index (Phi) is 4.71. The van der Waals surface area contributed by atoms with Crippen LogP contribution in [0.3, 0.4) is 0 Å². The summed E-state index contributed by atoms with van der Waals surface area (Å²) in [5.41, 5.74) is 6.35. The number of carbonyl (C=O) groups excluding carboxylic acids is 1. The standard InChI is InChI=1S/C13H18N2O3/c1-3-9(2)15(8-12(16)17)11-6-4-10(5-7-11)13(14)18/h4-7,9H,3,8H2,1-2H3,(H2,14,18)(H,16,17). The minimum atomic E-state index is -0.880. The molecule has 1 unspecified atom stereocenters. The van der Waals surface area contributed by atoms with Crippen molar-refractivity contribution in [3.05, 3.63) is 29.8 Å². The highest BCUT2D eigenvalue weighted by Gasteiger charge is 2.16. The highest BCUT2D eigenvalue weighted by atomic mass is 16.4. The summed E-state index contributed by atoms with van der Waals surface area (Å²) in [4.78, 5) is 23.6. The SMILES string of the molecule is CCC(C)N(CC(=O)O)c1ccc(C(N)=O)cc1. The van der Waals surface area contributed by atoms with Gasteiger partial charge in [0.15, 0.2) is 0 Å². The van der Waals surface area contributed by atoms with Crippen molar-refractivity contribution in [2.45, 2.75) is 26.3 Å². The molecule has 1 amide bonds. The molecule has 1 atom stereocenters. The van der Waals surface area contributed by atoms with E-state index in [0.29, 0.717) is 5.56 Å². The third kappa shape index (κ3) is 3.48. The van der Waals surface area contributed by atoms with Crippen LogP contribution in [-0.4, -0.2) is 29.6 Å². The second-order valence-electron chi connectivity index (χ2n) is 4.19. The number of benzene rings is 1. The van der Waals surface area contributed by atoms with Crippen molar-refractivity contribution in [3.63, 3.8) is 0 Å². The molecule has 0 saturated carbocycles. The van der Waals surface area contributed by atoms with E-state index < -0.39 is 11.9 Å². The predicted octanol–water partition coefficient (Wildman–Crippen LogP) is 1.47. The molecule has 1 rings (SSSR count). The van der Waals surface area contributed by atoms with E-state index in [1.54, 1.807) is 29.2 Å². The maximum Gasteiger partial charge on any atom is 0.323 e. The fourth-order valence-corrected chi connectivity index (χ4v) is 1.68. The smallest absolute Gasteiger partial charge is 0.323 e. The number of primary amides is 1. The first-order valence-electron chi connectivity index (χ1n) is 5.84. The Morgan fingerprint density at radius 3 is 2.28 bits per heavy atom. The molecule has 0 spiro atoms. The van der Waals surface area contributed by atoms with Gasteiger partial charge in [-0.1, -0.05) is 6.92 Å². The van der Waals surface area contributed by atoms with E-state index in [4.69, 9.17) is 10.8 Å². The summed E-state index contributed by atoms with van der Waals surface area (Å²) in [5.74, 6) is -1.37. The third-order valence-corrected chi connectivity index (χ3v) is 2.91. The van der Waals surface area contributed by atoms with Gasteiger partial charge in [-0.05, 0) is 37.6 Å². The van der Waals surface area contributed by atoms with Gasteiger partial charge in [-0.15, -0.1) is 0 Å². The summed E-state index contributed by atoms with van der Waals surface area (Å²) < 4.78 is 0. The zero-order chi connectivity index (χ0) is 13.7. The highest BCUT2D eigenvalue weighted by Crippen LogP contribution is 2.19. The second-order valence-corrected chi connectivity index (χ2v) is 4.19. The van der Waals surface area contributed by atoms with E-state index in [9.17, 15) is 9.59 Å². The zero-order valence-electron chi connectivity index (χ0n) is 10.6. The lowest BCUT2D eigenvalue weighted by atomic mass is 10.1. The number of aliphatic carboxylic acids is 1. The number of carboxylic acids is 1. The number of hydrogen-bond acceptors (Lipinski definition) is 3. The molecule has 0 saturated heterocycles. The van der Waals surface area contributed by atoms with Gasteiger partial charge in [0.05, 0.1) is 0 Å². The van der Waals surface area contributed by atoms with Crippen molar-refractivity contribution in [3.8, 4) is 0 Å². The van der Waals surface area contributed by atoms with Crippen LogP contribution in [0.25, 0.3) is 0 Å². The van der Waals surface area contributed by atoms with E-state index in [0.717, 1.165) is 12.1 Å². The Balaban J connectivity index is 2.97. The molecular formula is C13H18N2O3. The van der Waals surface area contributed by atoms with Gasteiger partial charge in [-0.25, -0.2) is 0 Å². The summed E-state index contributed by atoms with van der Waals surface area (Å²) in [7, 11) is 0. The Morgan fingerprint density at radius 1 is 1.33 bits per heavy atom. The maximum absolute atomic E-state index is 11.0. The van der Waals surface area contributed by atoms with Crippen LogP contribution < -0.4 is 10.6 Å². The van der Waals surface area contributed by atoms with Crippen LogP contribution in [0.5, 0.6) is 0 Å². The molecule has 5 heteroatoms. The van der Waals surface area contributed by atoms with Crippen molar-refractivity contribution < 1.29 is 14.7 Å². The lowest BCUT2D eigenvalue weighted by molar-refractivity contribution is -0.135. The van der Waals surface area contributed by atoms with Crippen LogP contribution in [0.2, 0.25) is 0 Å². The van der Waals surface area contributed by atoms with Gasteiger partial charge in [0.1, 0.15) is 6.54 Å². The monoisotopic (exact) mass is 250 g/mol. The van der Waals surface area contributed by atoms with Crippen LogP contribution in [0, 0.1) is 0 Å². The molecule has 0 aliphatic rings. The van der Waals surface area contributed by atoms with Gasteiger partial charge >= 0.3 is 5.97 Å². The molecule has 98 valence electrons. The van der Waals surface area contributed by atoms with Gasteiger partial charge in [-0.3, -0.25) is 9.59 Å². The molecule has 18 heavy (non-hydrogen) atoms. The fraction of sp³-hybridized carbons (Fsp3) is 0.385. The summed E-state index contributed by atoms with van der Waals surface area (Å²) in [6.45, 7) is 3.90. The van der Waals surface area contributed by atoms with E-state index >= 15 is 0 Å². The van der Waals surface area contributed by atoms with Crippen LogP contribution in [0.15, 0.2) is 24.3 Å². The number of rotatable bonds is 6. The van der Waals surface area contributed by atoms with E-state index in [1.807, 2.05) is 13.8 Å². The topological polar surface area (TPSA) is 83.6 Å². The first-order chi connectivity index (χ1) is 8.45. The zero-order valence-corrected chi connectivity index (χ0v) is 10.6. The number of anilines is 1. The van der Waals surface area contributed by atoms with Gasteiger partial charge in [0.25, 0.3) is 0 Å². The molecule has 1 aromatic carbocycles. The second kappa shape index (κ2) is 6.05. The van der Waals surface area contributed by atoms with Crippen LogP contribution >= 0.6 is 0 Å². The molecule has 0 aliphatic heterocycles. The highest BCUT2D eigenvalue weighted by molar-refractivity contribution is 5.93. The Labute approximate surface area is 106 Å². The van der Waals surface area contributed by atoms with E-state index in [-0.39, 0.29) is 12.6 Å². The minimum Gasteiger partial charge on any atom is -0.480 e. The largest absolute Gasteiger partial charge is 0.480 e. The van der Waals surface area contributed by atoms with Crippen molar-refractivity contribution in [1.82, 2.24) is 0 Å². The molecule has 0 radical (unpaired) electrons. The summed E-state index contributed by atoms with van der Waals surface area (Å²) in [5, 5.41) is 8.92. The summed E-state index contributed by atoms with van der Waals surface area (Å²) in [6, 6.07) is 6.76. The molecule has 1 aromatic rings.